The van der Waals surface area contributed by atoms with Crippen LogP contribution in [0.5, 0.6) is 0 Å². The van der Waals surface area contributed by atoms with E-state index in [0.717, 1.165) is 0 Å². The number of hydrogen-bond acceptors (Lipinski definition) is 6. The molecule has 1 aromatic heterocycles. The Morgan fingerprint density at radius 1 is 1.15 bits per heavy atom. The molecule has 0 bridgehead atoms. The van der Waals surface area contributed by atoms with Gasteiger partial charge in [0.2, 0.25) is 0 Å². The Bertz CT molecular complexity index is 928. The van der Waals surface area contributed by atoms with Crippen LogP contribution in [0.15, 0.2) is 54.9 Å². The molecule has 0 aliphatic carbocycles. The molecule has 0 saturated carbocycles. The number of carbonyl (C=O) groups excluding carboxylic acids is 2. The molecular formula is C18H16FN5O3. The Morgan fingerprint density at radius 2 is 1.89 bits per heavy atom. The fourth-order valence-corrected chi connectivity index (χ4v) is 2.52. The molecule has 0 unspecified atom stereocenters. The minimum Gasteiger partial charge on any atom is -0.452 e. The third kappa shape index (κ3) is 4.14. The molecule has 0 aliphatic rings. The third-order valence-electron chi connectivity index (χ3n) is 3.80. The van der Waals surface area contributed by atoms with E-state index in [4.69, 9.17) is 4.74 Å². The van der Waals surface area contributed by atoms with E-state index in [-0.39, 0.29) is 5.56 Å². The van der Waals surface area contributed by atoms with Gasteiger partial charge in [0.15, 0.2) is 6.61 Å². The van der Waals surface area contributed by atoms with Gasteiger partial charge in [-0.05, 0) is 53.7 Å². The number of anilines is 1. The second kappa shape index (κ2) is 8.17. The van der Waals surface area contributed by atoms with Crippen molar-refractivity contribution >= 4 is 17.6 Å². The Hall–Kier alpha value is -3.62. The van der Waals surface area contributed by atoms with Crippen LogP contribution in [0.2, 0.25) is 0 Å². The molecule has 0 N–H and O–H groups in total. The van der Waals surface area contributed by atoms with E-state index in [1.54, 1.807) is 31.2 Å². The summed E-state index contributed by atoms with van der Waals surface area (Å²) < 4.78 is 19.6. The Morgan fingerprint density at radius 3 is 2.56 bits per heavy atom. The van der Waals surface area contributed by atoms with Gasteiger partial charge in [-0.3, -0.25) is 4.79 Å². The highest BCUT2D eigenvalue weighted by Crippen LogP contribution is 2.16. The van der Waals surface area contributed by atoms with E-state index >= 15 is 0 Å². The Balaban J connectivity index is 1.70. The van der Waals surface area contributed by atoms with Crippen LogP contribution in [-0.2, 0) is 9.53 Å². The second-order valence-electron chi connectivity index (χ2n) is 5.46. The SMILES string of the molecule is CCN(C(=O)COC(=O)c1ccccc1-n1cnnn1)c1ccc(F)cc1. The molecule has 3 aromatic rings. The topological polar surface area (TPSA) is 90.2 Å². The number of benzene rings is 2. The minimum absolute atomic E-state index is 0.224. The van der Waals surface area contributed by atoms with Crippen molar-refractivity contribution in [3.63, 3.8) is 0 Å². The first-order valence-electron chi connectivity index (χ1n) is 8.15. The molecule has 0 aliphatic heterocycles. The van der Waals surface area contributed by atoms with Crippen molar-refractivity contribution in [3.05, 3.63) is 66.2 Å². The number of nitrogens with zero attached hydrogens (tertiary/aromatic N) is 5. The first-order chi connectivity index (χ1) is 13.1. The number of rotatable bonds is 6. The van der Waals surface area contributed by atoms with E-state index in [1.165, 1.54) is 40.2 Å². The minimum atomic E-state index is -0.676. The highest BCUT2D eigenvalue weighted by Gasteiger charge is 2.19. The quantitative estimate of drug-likeness (QED) is 0.618. The number of likely N-dealkylation sites (N-methyl/N-ethyl adjacent to an activating group) is 1. The fourth-order valence-electron chi connectivity index (χ4n) is 2.52. The summed E-state index contributed by atoms with van der Waals surface area (Å²) in [5.41, 5.74) is 1.18. The van der Waals surface area contributed by atoms with Gasteiger partial charge in [0.25, 0.3) is 5.91 Å². The zero-order valence-corrected chi connectivity index (χ0v) is 14.4. The second-order valence-corrected chi connectivity index (χ2v) is 5.46. The lowest BCUT2D eigenvalue weighted by atomic mass is 10.2. The number of ether oxygens (including phenoxy) is 1. The number of aromatic nitrogens is 4. The average molecular weight is 369 g/mol. The summed E-state index contributed by atoms with van der Waals surface area (Å²) in [6.45, 7) is 1.67. The first-order valence-corrected chi connectivity index (χ1v) is 8.15. The largest absolute Gasteiger partial charge is 0.452 e. The molecule has 1 heterocycles. The monoisotopic (exact) mass is 369 g/mol. The van der Waals surface area contributed by atoms with Gasteiger partial charge >= 0.3 is 5.97 Å². The number of hydrogen-bond donors (Lipinski definition) is 0. The summed E-state index contributed by atoms with van der Waals surface area (Å²) in [6, 6.07) is 12.1. The third-order valence-corrected chi connectivity index (χ3v) is 3.80. The molecule has 1 amide bonds. The normalized spacial score (nSPS) is 10.4. The maximum absolute atomic E-state index is 13.1. The summed E-state index contributed by atoms with van der Waals surface area (Å²) in [6.07, 6.45) is 1.35. The lowest BCUT2D eigenvalue weighted by Crippen LogP contribution is -2.34. The zero-order valence-electron chi connectivity index (χ0n) is 14.4. The van der Waals surface area contributed by atoms with Gasteiger partial charge in [0, 0.05) is 12.2 Å². The van der Waals surface area contributed by atoms with Crippen molar-refractivity contribution in [1.82, 2.24) is 20.2 Å². The van der Waals surface area contributed by atoms with Crippen molar-refractivity contribution in [2.24, 2.45) is 0 Å². The molecule has 0 atom stereocenters. The maximum Gasteiger partial charge on any atom is 0.340 e. The van der Waals surface area contributed by atoms with Gasteiger partial charge in [-0.1, -0.05) is 12.1 Å². The van der Waals surface area contributed by atoms with Crippen molar-refractivity contribution in [3.8, 4) is 5.69 Å². The van der Waals surface area contributed by atoms with Crippen LogP contribution in [0, 0.1) is 5.82 Å². The van der Waals surface area contributed by atoms with Crippen LogP contribution in [0.1, 0.15) is 17.3 Å². The lowest BCUT2D eigenvalue weighted by Gasteiger charge is -2.21. The molecule has 0 fully saturated rings. The van der Waals surface area contributed by atoms with Crippen molar-refractivity contribution in [1.29, 1.82) is 0 Å². The van der Waals surface area contributed by atoms with E-state index in [2.05, 4.69) is 15.5 Å². The molecule has 2 aromatic carbocycles. The van der Waals surface area contributed by atoms with E-state index in [1.807, 2.05) is 0 Å². The lowest BCUT2D eigenvalue weighted by molar-refractivity contribution is -0.121. The van der Waals surface area contributed by atoms with Gasteiger partial charge in [0.1, 0.15) is 12.1 Å². The van der Waals surface area contributed by atoms with Gasteiger partial charge in [0.05, 0.1) is 11.3 Å². The molecule has 9 heteroatoms. The molecule has 8 nitrogen and oxygen atoms in total. The van der Waals surface area contributed by atoms with E-state index < -0.39 is 24.3 Å². The molecule has 138 valence electrons. The van der Waals surface area contributed by atoms with Gasteiger partial charge in [-0.25, -0.2) is 9.18 Å². The number of amides is 1. The van der Waals surface area contributed by atoms with Crippen LogP contribution < -0.4 is 4.90 Å². The highest BCUT2D eigenvalue weighted by molar-refractivity contribution is 5.98. The smallest absolute Gasteiger partial charge is 0.340 e. The predicted octanol–water partition coefficient (Wildman–Crippen LogP) is 2.01. The van der Waals surface area contributed by atoms with Crippen LogP contribution in [-0.4, -0.2) is 45.2 Å². The molecule has 3 rings (SSSR count). The zero-order chi connectivity index (χ0) is 19.2. The maximum atomic E-state index is 13.1. The van der Waals surface area contributed by atoms with Crippen molar-refractivity contribution in [2.75, 3.05) is 18.1 Å². The van der Waals surface area contributed by atoms with Crippen LogP contribution >= 0.6 is 0 Å². The van der Waals surface area contributed by atoms with Gasteiger partial charge in [-0.2, -0.15) is 4.68 Å². The predicted molar refractivity (Wildman–Crippen MR) is 93.9 cm³/mol. The molecule has 0 radical (unpaired) electrons. The molecule has 0 saturated heterocycles. The molecule has 27 heavy (non-hydrogen) atoms. The number of halogens is 1. The first kappa shape index (κ1) is 18.2. The van der Waals surface area contributed by atoms with Crippen LogP contribution in [0.25, 0.3) is 5.69 Å². The number of para-hydroxylation sites is 1. The number of carbonyl (C=O) groups is 2. The van der Waals surface area contributed by atoms with Crippen molar-refractivity contribution < 1.29 is 18.7 Å². The Kier molecular flexibility index (Phi) is 5.50. The molecule has 0 spiro atoms. The van der Waals surface area contributed by atoms with Gasteiger partial charge < -0.3 is 9.64 Å². The summed E-state index contributed by atoms with van der Waals surface area (Å²) in [7, 11) is 0. The Labute approximate surface area is 154 Å². The average Bonchev–Trinajstić information content (AvgIpc) is 3.23. The van der Waals surface area contributed by atoms with Gasteiger partial charge in [-0.15, -0.1) is 5.10 Å². The summed E-state index contributed by atoms with van der Waals surface area (Å²) in [4.78, 5) is 26.3. The number of esters is 1. The van der Waals surface area contributed by atoms with Crippen molar-refractivity contribution in [2.45, 2.75) is 6.92 Å². The molecular weight excluding hydrogens is 353 g/mol. The van der Waals surface area contributed by atoms with Crippen LogP contribution in [0.3, 0.4) is 0 Å². The fraction of sp³-hybridized carbons (Fsp3) is 0.167. The standard InChI is InChI=1S/C18H16FN5O3/c1-2-23(14-9-7-13(19)8-10-14)17(25)11-27-18(26)15-5-3-4-6-16(15)24-12-20-21-22-24/h3-10,12H,2,11H2,1H3. The van der Waals surface area contributed by atoms with E-state index in [0.29, 0.717) is 17.9 Å². The van der Waals surface area contributed by atoms with E-state index in [9.17, 15) is 14.0 Å². The van der Waals surface area contributed by atoms with Crippen LogP contribution in [0.4, 0.5) is 10.1 Å². The summed E-state index contributed by atoms with van der Waals surface area (Å²) in [5.74, 6) is -1.49. The number of tetrazole rings is 1. The summed E-state index contributed by atoms with van der Waals surface area (Å²) in [5, 5.41) is 10.8. The summed E-state index contributed by atoms with van der Waals surface area (Å²) >= 11 is 0. The highest BCUT2D eigenvalue weighted by atomic mass is 19.1.